The highest BCUT2D eigenvalue weighted by atomic mass is 32.2. The largest absolute Gasteiger partial charge is 0.322 e. The number of nitrogens with zero attached hydrogens (tertiary/aromatic N) is 1. The zero-order valence-corrected chi connectivity index (χ0v) is 16.9. The molecule has 1 fully saturated rings. The van der Waals surface area contributed by atoms with Gasteiger partial charge in [0.1, 0.15) is 17.0 Å². The molecule has 1 aliphatic heterocycles. The zero-order chi connectivity index (χ0) is 21.3. The average Bonchev–Trinajstić information content (AvgIpc) is 3.12. The number of benzene rings is 3. The van der Waals surface area contributed by atoms with Crippen molar-refractivity contribution in [1.29, 1.82) is 0 Å². The van der Waals surface area contributed by atoms with Gasteiger partial charge >= 0.3 is 0 Å². The van der Waals surface area contributed by atoms with Crippen LogP contribution in [0.15, 0.2) is 66.7 Å². The molecule has 1 saturated heterocycles. The van der Waals surface area contributed by atoms with Crippen LogP contribution in [0.5, 0.6) is 0 Å². The number of amides is 2. The van der Waals surface area contributed by atoms with Gasteiger partial charge < -0.3 is 5.32 Å². The molecule has 1 N–H and O–H groups in total. The van der Waals surface area contributed by atoms with E-state index >= 15 is 0 Å². The second-order valence-corrected chi connectivity index (χ2v) is 8.02. The monoisotopic (exact) mass is 424 g/mol. The van der Waals surface area contributed by atoms with Crippen molar-refractivity contribution in [2.45, 2.75) is 12.3 Å². The summed E-state index contributed by atoms with van der Waals surface area (Å²) in [5, 5.41) is 2.46. The van der Waals surface area contributed by atoms with Gasteiger partial charge in [-0.2, -0.15) is 0 Å². The van der Waals surface area contributed by atoms with Gasteiger partial charge in [-0.25, -0.2) is 8.78 Å². The minimum absolute atomic E-state index is 0.103. The maximum absolute atomic E-state index is 14.1. The fraction of sp³-hybridized carbons (Fsp3) is 0.130. The molecule has 0 aliphatic carbocycles. The van der Waals surface area contributed by atoms with Crippen molar-refractivity contribution in [3.05, 3.63) is 95.1 Å². The number of carbonyl (C=O) groups excluding carboxylic acids is 2. The Morgan fingerprint density at radius 1 is 1.07 bits per heavy atom. The summed E-state index contributed by atoms with van der Waals surface area (Å²) in [5.74, 6) is -0.957. The Bertz CT molecular complexity index is 1120. The summed E-state index contributed by atoms with van der Waals surface area (Å²) in [7, 11) is 0. The average molecular weight is 424 g/mol. The van der Waals surface area contributed by atoms with Crippen molar-refractivity contribution in [2.75, 3.05) is 16.0 Å². The second kappa shape index (κ2) is 8.28. The minimum atomic E-state index is -0.413. The van der Waals surface area contributed by atoms with Crippen molar-refractivity contribution in [3.8, 4) is 0 Å². The molecule has 4 rings (SSSR count). The van der Waals surface area contributed by atoms with Gasteiger partial charge in [-0.15, -0.1) is 11.8 Å². The first-order valence-corrected chi connectivity index (χ1v) is 10.3. The summed E-state index contributed by atoms with van der Waals surface area (Å²) in [6.07, 6.45) is 0. The summed E-state index contributed by atoms with van der Waals surface area (Å²) in [6.45, 7) is 1.67. The summed E-state index contributed by atoms with van der Waals surface area (Å²) in [5.41, 5.74) is 2.71. The standard InChI is InChI=1S/C23H18F2N2O2S/c1-14-5-10-19(12-20(14)25)27-21(28)13-30-23(27)16-3-2-4-18(11-16)26-22(29)15-6-8-17(24)9-7-15/h2-12,23H,13H2,1H3,(H,26,29)/t23-/m1/s1. The number of rotatable bonds is 4. The van der Waals surface area contributed by atoms with E-state index in [1.54, 1.807) is 42.2 Å². The van der Waals surface area contributed by atoms with Crippen LogP contribution in [-0.4, -0.2) is 17.6 Å². The number of halogens is 2. The molecule has 0 aromatic heterocycles. The third-order valence-corrected chi connectivity index (χ3v) is 6.05. The fourth-order valence-corrected chi connectivity index (χ4v) is 4.42. The molecule has 3 aromatic rings. The molecule has 7 heteroatoms. The van der Waals surface area contributed by atoms with Gasteiger partial charge in [0.2, 0.25) is 5.91 Å². The van der Waals surface area contributed by atoms with Gasteiger partial charge in [0.15, 0.2) is 0 Å². The van der Waals surface area contributed by atoms with Gasteiger partial charge in [-0.1, -0.05) is 18.2 Å². The molecule has 3 aromatic carbocycles. The van der Waals surface area contributed by atoms with Crippen LogP contribution in [0.25, 0.3) is 0 Å². The molecule has 4 nitrogen and oxygen atoms in total. The van der Waals surface area contributed by atoms with Crippen LogP contribution in [0, 0.1) is 18.6 Å². The highest BCUT2D eigenvalue weighted by Crippen LogP contribution is 2.42. The van der Waals surface area contributed by atoms with E-state index < -0.39 is 5.82 Å². The van der Waals surface area contributed by atoms with E-state index in [2.05, 4.69) is 5.32 Å². The number of nitrogens with one attached hydrogen (secondary N) is 1. The first-order chi connectivity index (χ1) is 14.4. The van der Waals surface area contributed by atoms with E-state index in [1.165, 1.54) is 42.1 Å². The van der Waals surface area contributed by atoms with E-state index in [4.69, 9.17) is 0 Å². The van der Waals surface area contributed by atoms with Crippen LogP contribution in [0.3, 0.4) is 0 Å². The molecule has 1 heterocycles. The molecule has 0 bridgehead atoms. The summed E-state index contributed by atoms with van der Waals surface area (Å²) in [4.78, 5) is 26.5. The van der Waals surface area contributed by atoms with Crippen molar-refractivity contribution in [1.82, 2.24) is 0 Å². The van der Waals surface area contributed by atoms with Crippen LogP contribution in [-0.2, 0) is 4.79 Å². The molecule has 0 unspecified atom stereocenters. The number of thioether (sulfide) groups is 1. The van der Waals surface area contributed by atoms with Gasteiger partial charge in [0.05, 0.1) is 5.75 Å². The van der Waals surface area contributed by atoms with E-state index in [9.17, 15) is 18.4 Å². The lowest BCUT2D eigenvalue weighted by molar-refractivity contribution is -0.115. The molecule has 1 atom stereocenters. The molecule has 30 heavy (non-hydrogen) atoms. The predicted octanol–water partition coefficient (Wildman–Crippen LogP) is 5.30. The topological polar surface area (TPSA) is 49.4 Å². The van der Waals surface area contributed by atoms with Crippen LogP contribution in [0.2, 0.25) is 0 Å². The Morgan fingerprint density at radius 3 is 2.57 bits per heavy atom. The molecule has 0 spiro atoms. The molecular formula is C23H18F2N2O2S. The van der Waals surface area contributed by atoms with Gasteiger partial charge in [-0.3, -0.25) is 14.5 Å². The molecular weight excluding hydrogens is 406 g/mol. The van der Waals surface area contributed by atoms with Crippen LogP contribution in [0.4, 0.5) is 20.2 Å². The van der Waals surface area contributed by atoms with Crippen molar-refractivity contribution >= 4 is 35.0 Å². The molecule has 152 valence electrons. The summed E-state index contributed by atoms with van der Waals surface area (Å²) in [6, 6.07) is 17.2. The molecule has 2 amide bonds. The lowest BCUT2D eigenvalue weighted by Gasteiger charge is -2.25. The molecule has 0 radical (unpaired) electrons. The van der Waals surface area contributed by atoms with E-state index in [0.717, 1.165) is 5.56 Å². The first-order valence-electron chi connectivity index (χ1n) is 9.29. The number of aryl methyl sites for hydroxylation is 1. The SMILES string of the molecule is Cc1ccc(N2C(=O)CS[C@@H]2c2cccc(NC(=O)c3ccc(F)cc3)c2)cc1F. The highest BCUT2D eigenvalue weighted by molar-refractivity contribution is 8.00. The number of carbonyl (C=O) groups is 2. The van der Waals surface area contributed by atoms with Gasteiger partial charge in [0, 0.05) is 16.9 Å². The van der Waals surface area contributed by atoms with Crippen LogP contribution in [0.1, 0.15) is 26.9 Å². The number of anilines is 2. The minimum Gasteiger partial charge on any atom is -0.322 e. The third kappa shape index (κ3) is 4.07. The number of hydrogen-bond donors (Lipinski definition) is 1. The van der Waals surface area contributed by atoms with E-state index in [0.29, 0.717) is 22.5 Å². The Kier molecular flexibility index (Phi) is 5.55. The van der Waals surface area contributed by atoms with Crippen molar-refractivity contribution in [3.63, 3.8) is 0 Å². The van der Waals surface area contributed by atoms with Crippen molar-refractivity contribution < 1.29 is 18.4 Å². The van der Waals surface area contributed by atoms with E-state index in [1.807, 2.05) is 6.07 Å². The van der Waals surface area contributed by atoms with Crippen molar-refractivity contribution in [2.24, 2.45) is 0 Å². The lowest BCUT2D eigenvalue weighted by Crippen LogP contribution is -2.28. The maximum Gasteiger partial charge on any atom is 0.255 e. The zero-order valence-electron chi connectivity index (χ0n) is 16.1. The van der Waals surface area contributed by atoms with Gasteiger partial charge in [-0.05, 0) is 66.6 Å². The normalized spacial score (nSPS) is 16.0. The summed E-state index contributed by atoms with van der Waals surface area (Å²) >= 11 is 1.44. The summed E-state index contributed by atoms with van der Waals surface area (Å²) < 4.78 is 27.1. The fourth-order valence-electron chi connectivity index (χ4n) is 3.26. The Hall–Kier alpha value is -3.19. The lowest BCUT2D eigenvalue weighted by atomic mass is 10.1. The van der Waals surface area contributed by atoms with E-state index in [-0.39, 0.29) is 28.8 Å². The first kappa shape index (κ1) is 20.1. The maximum atomic E-state index is 14.1. The quantitative estimate of drug-likeness (QED) is 0.618. The Labute approximate surface area is 176 Å². The second-order valence-electron chi connectivity index (χ2n) is 6.95. The Morgan fingerprint density at radius 2 is 1.83 bits per heavy atom. The predicted molar refractivity (Wildman–Crippen MR) is 115 cm³/mol. The Balaban J connectivity index is 1.59. The third-order valence-electron chi connectivity index (χ3n) is 4.84. The molecule has 0 saturated carbocycles. The van der Waals surface area contributed by atoms with Crippen LogP contribution >= 0.6 is 11.8 Å². The smallest absolute Gasteiger partial charge is 0.255 e. The van der Waals surface area contributed by atoms with Gasteiger partial charge in [0.25, 0.3) is 5.91 Å². The highest BCUT2D eigenvalue weighted by Gasteiger charge is 2.34. The van der Waals surface area contributed by atoms with Crippen LogP contribution < -0.4 is 10.2 Å². The molecule has 1 aliphatic rings. The number of hydrogen-bond acceptors (Lipinski definition) is 3.